The molecule has 184 valence electrons. The Kier molecular flexibility index (Phi) is 7.18. The number of aromatic hydroxyl groups is 1. The standard InChI is InChI=1S/C25H20ClFN4O4S/c1-36(34,35)22-8-3-2-5-15(22)13-21-18(24(33)31-23-19(26)6-4-7-20(23)27)14-28-25(30-21)29-16-9-11-17(32)12-10-16/h2-12,14,32H,13H2,1H3,(H,31,33)(H,28,29,30). The fourth-order valence-corrected chi connectivity index (χ4v) is 4.62. The number of nitrogens with zero attached hydrogens (tertiary/aromatic N) is 2. The second-order valence-corrected chi connectivity index (χ2v) is 10.2. The molecule has 0 aliphatic heterocycles. The third kappa shape index (κ3) is 5.78. The van der Waals surface area contributed by atoms with Gasteiger partial charge in [0.2, 0.25) is 5.95 Å². The van der Waals surface area contributed by atoms with Crippen molar-refractivity contribution in [1.82, 2.24) is 9.97 Å². The SMILES string of the molecule is CS(=O)(=O)c1ccccc1Cc1nc(Nc2ccc(O)cc2)ncc1C(=O)Nc1c(F)cccc1Cl. The predicted octanol–water partition coefficient (Wildman–Crippen LogP) is 4.96. The fourth-order valence-electron chi connectivity index (χ4n) is 3.47. The highest BCUT2D eigenvalue weighted by Gasteiger charge is 2.21. The zero-order valence-corrected chi connectivity index (χ0v) is 20.4. The number of hydrogen-bond donors (Lipinski definition) is 3. The number of benzene rings is 3. The topological polar surface area (TPSA) is 121 Å². The molecule has 0 aliphatic carbocycles. The molecule has 0 radical (unpaired) electrons. The van der Waals surface area contributed by atoms with Crippen LogP contribution in [0.4, 0.5) is 21.7 Å². The Balaban J connectivity index is 1.75. The lowest BCUT2D eigenvalue weighted by Gasteiger charge is -2.14. The van der Waals surface area contributed by atoms with Gasteiger partial charge in [-0.1, -0.05) is 35.9 Å². The summed E-state index contributed by atoms with van der Waals surface area (Å²) in [6.07, 6.45) is 2.33. The van der Waals surface area contributed by atoms with Crippen LogP contribution in [0.15, 0.2) is 77.8 Å². The van der Waals surface area contributed by atoms with E-state index in [1.54, 1.807) is 30.3 Å². The smallest absolute Gasteiger partial charge is 0.259 e. The largest absolute Gasteiger partial charge is 0.508 e. The van der Waals surface area contributed by atoms with Crippen LogP contribution >= 0.6 is 11.6 Å². The molecule has 3 aromatic carbocycles. The van der Waals surface area contributed by atoms with Gasteiger partial charge in [0, 0.05) is 24.6 Å². The van der Waals surface area contributed by atoms with E-state index in [1.165, 1.54) is 36.5 Å². The number of para-hydroxylation sites is 1. The molecule has 0 saturated heterocycles. The van der Waals surface area contributed by atoms with Crippen molar-refractivity contribution in [2.45, 2.75) is 11.3 Å². The summed E-state index contributed by atoms with van der Waals surface area (Å²) in [4.78, 5) is 21.9. The molecule has 0 unspecified atom stereocenters. The van der Waals surface area contributed by atoms with Gasteiger partial charge in [0.15, 0.2) is 9.84 Å². The first-order chi connectivity index (χ1) is 17.1. The Morgan fingerprint density at radius 2 is 1.78 bits per heavy atom. The van der Waals surface area contributed by atoms with Gasteiger partial charge < -0.3 is 15.7 Å². The number of rotatable bonds is 7. The third-order valence-electron chi connectivity index (χ3n) is 5.17. The quantitative estimate of drug-likeness (QED) is 0.291. The van der Waals surface area contributed by atoms with Crippen molar-refractivity contribution in [3.8, 4) is 5.75 Å². The molecule has 3 N–H and O–H groups in total. The van der Waals surface area contributed by atoms with E-state index in [0.29, 0.717) is 11.3 Å². The van der Waals surface area contributed by atoms with Gasteiger partial charge in [0.25, 0.3) is 5.91 Å². The number of halogens is 2. The molecular weight excluding hydrogens is 507 g/mol. The molecule has 36 heavy (non-hydrogen) atoms. The van der Waals surface area contributed by atoms with Crippen molar-refractivity contribution in [3.63, 3.8) is 0 Å². The number of phenolic OH excluding ortho intramolecular Hbond substituents is 1. The van der Waals surface area contributed by atoms with Crippen LogP contribution in [-0.4, -0.2) is 35.7 Å². The molecular formula is C25H20ClFN4O4S. The van der Waals surface area contributed by atoms with Crippen molar-refractivity contribution >= 4 is 44.7 Å². The highest BCUT2D eigenvalue weighted by atomic mass is 35.5. The minimum absolute atomic E-state index is 0.00822. The maximum atomic E-state index is 14.3. The Morgan fingerprint density at radius 1 is 1.06 bits per heavy atom. The Bertz CT molecular complexity index is 1530. The average Bonchev–Trinajstić information content (AvgIpc) is 2.83. The number of hydrogen-bond acceptors (Lipinski definition) is 7. The number of carbonyl (C=O) groups excluding carboxylic acids is 1. The van der Waals surface area contributed by atoms with Crippen LogP contribution in [0.1, 0.15) is 21.6 Å². The fraction of sp³-hybridized carbons (Fsp3) is 0.0800. The molecule has 0 saturated carbocycles. The monoisotopic (exact) mass is 526 g/mol. The summed E-state index contributed by atoms with van der Waals surface area (Å²) in [6, 6.07) is 16.6. The lowest BCUT2D eigenvalue weighted by molar-refractivity contribution is 0.102. The van der Waals surface area contributed by atoms with E-state index in [0.717, 1.165) is 12.3 Å². The van der Waals surface area contributed by atoms with Gasteiger partial charge in [0.1, 0.15) is 11.6 Å². The lowest BCUT2D eigenvalue weighted by Crippen LogP contribution is -2.18. The summed E-state index contributed by atoms with van der Waals surface area (Å²) in [5, 5.41) is 14.9. The molecule has 0 fully saturated rings. The second-order valence-electron chi connectivity index (χ2n) is 7.83. The van der Waals surface area contributed by atoms with Crippen molar-refractivity contribution in [2.24, 2.45) is 0 Å². The first-order valence-electron chi connectivity index (χ1n) is 10.6. The van der Waals surface area contributed by atoms with Gasteiger partial charge in [-0.2, -0.15) is 0 Å². The molecule has 0 atom stereocenters. The van der Waals surface area contributed by atoms with Crippen LogP contribution in [0.5, 0.6) is 5.75 Å². The minimum Gasteiger partial charge on any atom is -0.508 e. The lowest BCUT2D eigenvalue weighted by atomic mass is 10.1. The number of phenols is 1. The van der Waals surface area contributed by atoms with Gasteiger partial charge in [-0.25, -0.2) is 22.8 Å². The maximum Gasteiger partial charge on any atom is 0.259 e. The van der Waals surface area contributed by atoms with Gasteiger partial charge >= 0.3 is 0 Å². The van der Waals surface area contributed by atoms with Crippen molar-refractivity contribution < 1.29 is 22.7 Å². The number of nitrogens with one attached hydrogen (secondary N) is 2. The summed E-state index contributed by atoms with van der Waals surface area (Å²) in [6.45, 7) is 0. The molecule has 1 amide bonds. The molecule has 8 nitrogen and oxygen atoms in total. The predicted molar refractivity (Wildman–Crippen MR) is 135 cm³/mol. The molecule has 11 heteroatoms. The van der Waals surface area contributed by atoms with E-state index >= 15 is 0 Å². The molecule has 1 aromatic heterocycles. The average molecular weight is 527 g/mol. The highest BCUT2D eigenvalue weighted by molar-refractivity contribution is 7.90. The van der Waals surface area contributed by atoms with Crippen molar-refractivity contribution in [2.75, 3.05) is 16.9 Å². The van der Waals surface area contributed by atoms with E-state index in [4.69, 9.17) is 11.6 Å². The van der Waals surface area contributed by atoms with E-state index in [1.807, 2.05) is 0 Å². The van der Waals surface area contributed by atoms with Gasteiger partial charge in [-0.05, 0) is 48.0 Å². The van der Waals surface area contributed by atoms with Crippen LogP contribution in [-0.2, 0) is 16.3 Å². The van der Waals surface area contributed by atoms with Gasteiger partial charge in [-0.15, -0.1) is 0 Å². The van der Waals surface area contributed by atoms with Crippen LogP contribution in [0.25, 0.3) is 0 Å². The van der Waals surface area contributed by atoms with Crippen LogP contribution in [0.3, 0.4) is 0 Å². The van der Waals surface area contributed by atoms with Crippen molar-refractivity contribution in [1.29, 1.82) is 0 Å². The molecule has 0 spiro atoms. The highest BCUT2D eigenvalue weighted by Crippen LogP contribution is 2.27. The Labute approximate surface area is 211 Å². The van der Waals surface area contributed by atoms with Gasteiger partial charge in [0.05, 0.1) is 26.9 Å². The van der Waals surface area contributed by atoms with E-state index < -0.39 is 21.6 Å². The van der Waals surface area contributed by atoms with Crippen LogP contribution in [0, 0.1) is 5.82 Å². The van der Waals surface area contributed by atoms with Crippen molar-refractivity contribution in [3.05, 3.63) is 101 Å². The Morgan fingerprint density at radius 3 is 2.47 bits per heavy atom. The summed E-state index contributed by atoms with van der Waals surface area (Å²) in [5.41, 5.74) is 1.01. The summed E-state index contributed by atoms with van der Waals surface area (Å²) in [7, 11) is -3.56. The minimum atomic E-state index is -3.56. The third-order valence-corrected chi connectivity index (χ3v) is 6.68. The van der Waals surface area contributed by atoms with E-state index in [9.17, 15) is 22.7 Å². The van der Waals surface area contributed by atoms with Gasteiger partial charge in [-0.3, -0.25) is 4.79 Å². The number of sulfone groups is 1. The number of carbonyl (C=O) groups is 1. The summed E-state index contributed by atoms with van der Waals surface area (Å²) >= 11 is 6.05. The molecule has 0 aliphatic rings. The van der Waals surface area contributed by atoms with E-state index in [2.05, 4.69) is 20.6 Å². The molecule has 4 aromatic rings. The number of anilines is 3. The molecule has 1 heterocycles. The second kappa shape index (κ2) is 10.3. The molecule has 0 bridgehead atoms. The Hall–Kier alpha value is -4.02. The maximum absolute atomic E-state index is 14.3. The summed E-state index contributed by atoms with van der Waals surface area (Å²) < 4.78 is 38.9. The van der Waals surface area contributed by atoms with E-state index in [-0.39, 0.29) is 45.0 Å². The van der Waals surface area contributed by atoms with Crippen LogP contribution in [0.2, 0.25) is 5.02 Å². The first kappa shape index (κ1) is 25.1. The number of aromatic nitrogens is 2. The molecule has 4 rings (SSSR count). The summed E-state index contributed by atoms with van der Waals surface area (Å²) in [5.74, 6) is -1.22. The number of amides is 1. The van der Waals surface area contributed by atoms with Crippen LogP contribution < -0.4 is 10.6 Å². The zero-order valence-electron chi connectivity index (χ0n) is 18.9. The normalized spacial score (nSPS) is 11.2. The zero-order chi connectivity index (χ0) is 25.9. The first-order valence-corrected chi connectivity index (χ1v) is 12.8.